The van der Waals surface area contributed by atoms with Gasteiger partial charge in [-0.05, 0) is 49.4 Å². The van der Waals surface area contributed by atoms with Gasteiger partial charge in [-0.2, -0.15) is 0 Å². The summed E-state index contributed by atoms with van der Waals surface area (Å²) in [5.41, 5.74) is 3.21. The number of hydrogen-bond acceptors (Lipinski definition) is 6. The third kappa shape index (κ3) is 7.00. The van der Waals surface area contributed by atoms with Crippen LogP contribution in [0.4, 0.5) is 0 Å². The monoisotopic (exact) mass is 498 g/mol. The van der Waals surface area contributed by atoms with Crippen LogP contribution in [0.1, 0.15) is 79.9 Å². The fourth-order valence-electron chi connectivity index (χ4n) is 4.67. The van der Waals surface area contributed by atoms with Crippen molar-refractivity contribution in [2.24, 2.45) is 0 Å². The van der Waals surface area contributed by atoms with E-state index in [4.69, 9.17) is 14.2 Å². The van der Waals surface area contributed by atoms with Crippen LogP contribution < -0.4 is 9.47 Å². The number of benzene rings is 2. The number of carboxylic acid groups (broad SMARTS) is 1. The van der Waals surface area contributed by atoms with Gasteiger partial charge in [0.15, 0.2) is 5.78 Å². The van der Waals surface area contributed by atoms with Gasteiger partial charge in [0.25, 0.3) is 0 Å². The highest BCUT2D eigenvalue weighted by Crippen LogP contribution is 2.35. The first-order valence-electron chi connectivity index (χ1n) is 12.9. The van der Waals surface area contributed by atoms with Crippen molar-refractivity contribution in [2.45, 2.75) is 84.3 Å². The van der Waals surface area contributed by atoms with E-state index in [9.17, 15) is 19.8 Å². The Kier molecular flexibility index (Phi) is 10.2. The topological polar surface area (TPSA) is 102 Å². The minimum absolute atomic E-state index is 0.000153. The molecule has 0 amide bonds. The zero-order valence-electron chi connectivity index (χ0n) is 21.5. The van der Waals surface area contributed by atoms with E-state index in [0.717, 1.165) is 36.1 Å². The second-order valence-corrected chi connectivity index (χ2v) is 9.30. The molecule has 0 fully saturated rings. The molecule has 0 saturated carbocycles. The van der Waals surface area contributed by atoms with E-state index in [0.29, 0.717) is 55.8 Å². The van der Waals surface area contributed by atoms with Crippen molar-refractivity contribution in [2.75, 3.05) is 13.2 Å². The number of aryl methyl sites for hydroxylation is 1. The Labute approximate surface area is 213 Å². The minimum atomic E-state index is -0.847. The first kappa shape index (κ1) is 27.5. The van der Waals surface area contributed by atoms with Crippen LogP contribution in [0.15, 0.2) is 30.3 Å². The molecular weight excluding hydrogens is 460 g/mol. The van der Waals surface area contributed by atoms with Crippen LogP contribution in [-0.2, 0) is 28.8 Å². The number of phenolic OH excluding ortho intramolecular Hbond substituents is 1. The number of para-hydroxylation sites is 1. The number of ether oxygens (including phenoxy) is 3. The van der Waals surface area contributed by atoms with Gasteiger partial charge in [0.1, 0.15) is 23.4 Å². The Balaban J connectivity index is 1.61. The van der Waals surface area contributed by atoms with E-state index in [1.807, 2.05) is 19.1 Å². The molecule has 0 bridgehead atoms. The van der Waals surface area contributed by atoms with E-state index in [1.165, 1.54) is 6.92 Å². The molecule has 2 N–H and O–H groups in total. The van der Waals surface area contributed by atoms with Crippen LogP contribution >= 0.6 is 0 Å². The number of hydrogen-bond donors (Lipinski definition) is 2. The number of aromatic hydroxyl groups is 1. The molecule has 3 rings (SSSR count). The Morgan fingerprint density at radius 1 is 1.08 bits per heavy atom. The number of Topliss-reactive ketones (excluding diaryl/α,β-unsaturated/α-hetero) is 1. The minimum Gasteiger partial charge on any atom is -0.507 e. The van der Waals surface area contributed by atoms with Crippen LogP contribution in [0.2, 0.25) is 0 Å². The summed E-state index contributed by atoms with van der Waals surface area (Å²) in [6.07, 6.45) is 4.51. The SMILES string of the molecule is CCCc1cccc2c1OC(CCC(=O)O)C(OCCCOc1ccc(C(C)=O)c(O)c1CCC)C2. The van der Waals surface area contributed by atoms with Gasteiger partial charge < -0.3 is 24.4 Å². The molecule has 0 aliphatic carbocycles. The molecule has 0 aromatic heterocycles. The molecule has 196 valence electrons. The molecule has 1 heterocycles. The maximum Gasteiger partial charge on any atom is 0.303 e. The van der Waals surface area contributed by atoms with E-state index < -0.39 is 5.97 Å². The summed E-state index contributed by atoms with van der Waals surface area (Å²) in [4.78, 5) is 23.0. The second kappa shape index (κ2) is 13.3. The first-order chi connectivity index (χ1) is 17.3. The molecule has 2 aromatic carbocycles. The number of carbonyl (C=O) groups is 2. The van der Waals surface area contributed by atoms with Gasteiger partial charge >= 0.3 is 5.97 Å². The number of rotatable bonds is 14. The van der Waals surface area contributed by atoms with Gasteiger partial charge in [0.05, 0.1) is 24.9 Å². The molecular formula is C29H38O7. The number of phenols is 1. The molecule has 2 unspecified atom stereocenters. The standard InChI is InChI=1S/C29H38O7/c1-4-8-20-10-6-11-21-18-26(25(36-29(20)21)14-15-27(31)32)35-17-7-16-34-24-13-12-22(19(3)30)28(33)23(24)9-5-2/h6,10-13,25-26,33H,4-5,7-9,14-18H2,1-3H3,(H,31,32). The second-order valence-electron chi connectivity index (χ2n) is 9.30. The van der Waals surface area contributed by atoms with Crippen LogP contribution in [0.5, 0.6) is 17.2 Å². The van der Waals surface area contributed by atoms with Crippen molar-refractivity contribution < 1.29 is 34.0 Å². The normalized spacial score (nSPS) is 16.8. The molecule has 2 atom stereocenters. The predicted octanol–water partition coefficient (Wildman–Crippen LogP) is 5.52. The molecule has 7 nitrogen and oxygen atoms in total. The Morgan fingerprint density at radius 2 is 1.86 bits per heavy atom. The van der Waals surface area contributed by atoms with Gasteiger partial charge in [0, 0.05) is 24.8 Å². The highest BCUT2D eigenvalue weighted by Gasteiger charge is 2.32. The van der Waals surface area contributed by atoms with E-state index in [2.05, 4.69) is 13.0 Å². The van der Waals surface area contributed by atoms with Crippen molar-refractivity contribution in [1.29, 1.82) is 0 Å². The summed E-state index contributed by atoms with van der Waals surface area (Å²) in [5, 5.41) is 19.7. The number of aliphatic carboxylic acids is 1. The summed E-state index contributed by atoms with van der Waals surface area (Å²) in [5.74, 6) is 0.438. The first-order valence-corrected chi connectivity index (χ1v) is 12.9. The summed E-state index contributed by atoms with van der Waals surface area (Å²) in [6.45, 7) is 6.39. The summed E-state index contributed by atoms with van der Waals surface area (Å²) in [6, 6.07) is 9.50. The lowest BCUT2D eigenvalue weighted by molar-refractivity contribution is -0.138. The Hall–Kier alpha value is -3.06. The quantitative estimate of drug-likeness (QED) is 0.261. The highest BCUT2D eigenvalue weighted by molar-refractivity contribution is 5.97. The van der Waals surface area contributed by atoms with E-state index >= 15 is 0 Å². The molecule has 36 heavy (non-hydrogen) atoms. The van der Waals surface area contributed by atoms with Crippen molar-refractivity contribution >= 4 is 11.8 Å². The summed E-state index contributed by atoms with van der Waals surface area (Å²) >= 11 is 0. The lowest BCUT2D eigenvalue weighted by atomic mass is 9.93. The number of carboxylic acids is 1. The predicted molar refractivity (Wildman–Crippen MR) is 137 cm³/mol. The highest BCUT2D eigenvalue weighted by atomic mass is 16.5. The Morgan fingerprint density at radius 3 is 2.56 bits per heavy atom. The maximum atomic E-state index is 11.8. The average Bonchev–Trinajstić information content (AvgIpc) is 2.84. The van der Waals surface area contributed by atoms with Crippen molar-refractivity contribution in [1.82, 2.24) is 0 Å². The van der Waals surface area contributed by atoms with Gasteiger partial charge in [-0.1, -0.05) is 44.9 Å². The molecule has 0 saturated heterocycles. The van der Waals surface area contributed by atoms with Crippen LogP contribution in [-0.4, -0.2) is 47.4 Å². The van der Waals surface area contributed by atoms with Gasteiger partial charge in [-0.15, -0.1) is 0 Å². The lowest BCUT2D eigenvalue weighted by Gasteiger charge is -2.34. The molecule has 2 aromatic rings. The number of carbonyl (C=O) groups excluding carboxylic acids is 1. The fraction of sp³-hybridized carbons (Fsp3) is 0.517. The molecule has 1 aliphatic heterocycles. The fourth-order valence-corrected chi connectivity index (χ4v) is 4.67. The summed E-state index contributed by atoms with van der Waals surface area (Å²) < 4.78 is 18.4. The molecule has 0 spiro atoms. The van der Waals surface area contributed by atoms with Gasteiger partial charge in [-0.3, -0.25) is 9.59 Å². The number of fused-ring (bicyclic) bond motifs is 1. The molecule has 1 aliphatic rings. The van der Waals surface area contributed by atoms with Crippen LogP contribution in [0.25, 0.3) is 0 Å². The van der Waals surface area contributed by atoms with Crippen molar-refractivity contribution in [3.8, 4) is 17.2 Å². The van der Waals surface area contributed by atoms with E-state index in [1.54, 1.807) is 12.1 Å². The van der Waals surface area contributed by atoms with Crippen LogP contribution in [0, 0.1) is 0 Å². The lowest BCUT2D eigenvalue weighted by Crippen LogP contribution is -2.40. The van der Waals surface area contributed by atoms with Crippen molar-refractivity contribution in [3.05, 3.63) is 52.6 Å². The largest absolute Gasteiger partial charge is 0.507 e. The van der Waals surface area contributed by atoms with Gasteiger partial charge in [0.2, 0.25) is 0 Å². The Bertz CT molecular complexity index is 1050. The summed E-state index contributed by atoms with van der Waals surface area (Å²) in [7, 11) is 0. The molecule has 0 radical (unpaired) electrons. The van der Waals surface area contributed by atoms with Crippen LogP contribution in [0.3, 0.4) is 0 Å². The number of ketones is 1. The van der Waals surface area contributed by atoms with Crippen molar-refractivity contribution in [3.63, 3.8) is 0 Å². The zero-order chi connectivity index (χ0) is 26.1. The van der Waals surface area contributed by atoms with Gasteiger partial charge in [-0.25, -0.2) is 0 Å². The maximum absolute atomic E-state index is 11.8. The third-order valence-electron chi connectivity index (χ3n) is 6.44. The smallest absolute Gasteiger partial charge is 0.303 e. The third-order valence-corrected chi connectivity index (χ3v) is 6.44. The van der Waals surface area contributed by atoms with E-state index in [-0.39, 0.29) is 30.2 Å². The molecule has 7 heteroatoms. The zero-order valence-corrected chi connectivity index (χ0v) is 21.5. The average molecular weight is 499 g/mol.